The summed E-state index contributed by atoms with van der Waals surface area (Å²) >= 11 is 14.7. The van der Waals surface area contributed by atoms with Crippen LogP contribution in [0.25, 0.3) is 11.3 Å². The number of nitrogens with one attached hydrogen (secondary N) is 2. The number of methoxy groups -OCH3 is 2. The molecule has 0 aliphatic carbocycles. The summed E-state index contributed by atoms with van der Waals surface area (Å²) in [5, 5.41) is 8.92. The minimum atomic E-state index is -0.289. The quantitative estimate of drug-likeness (QED) is 0.207. The zero-order valence-corrected chi connectivity index (χ0v) is 22.9. The number of rotatable bonds is 9. The Morgan fingerprint density at radius 1 is 0.946 bits per heavy atom. The lowest BCUT2D eigenvalue weighted by Crippen LogP contribution is -2.14. The summed E-state index contributed by atoms with van der Waals surface area (Å²) in [6.07, 6.45) is 0. The summed E-state index contributed by atoms with van der Waals surface area (Å²) in [6, 6.07) is 17.5. The van der Waals surface area contributed by atoms with Gasteiger partial charge in [-0.15, -0.1) is 23.1 Å². The molecule has 0 aliphatic rings. The minimum absolute atomic E-state index is 0.175. The number of carbonyl (C=O) groups is 2. The SMILES string of the molecule is COc1ccc(C(=O)Nc2cccc(SCC(=O)Nc3nc(-c4ccc(Cl)c(Cl)c4)cs3)c2)cc1OC. The number of aromatic nitrogens is 1. The van der Waals surface area contributed by atoms with E-state index in [1.165, 1.54) is 37.3 Å². The van der Waals surface area contributed by atoms with E-state index in [4.69, 9.17) is 32.7 Å². The van der Waals surface area contributed by atoms with Crippen molar-refractivity contribution >= 4 is 68.9 Å². The van der Waals surface area contributed by atoms with E-state index >= 15 is 0 Å². The highest BCUT2D eigenvalue weighted by atomic mass is 35.5. The number of anilines is 2. The maximum atomic E-state index is 12.7. The van der Waals surface area contributed by atoms with Crippen molar-refractivity contribution in [1.82, 2.24) is 4.98 Å². The Hall–Kier alpha value is -3.24. The van der Waals surface area contributed by atoms with Crippen LogP contribution in [0, 0.1) is 0 Å². The van der Waals surface area contributed by atoms with E-state index in [2.05, 4.69) is 15.6 Å². The van der Waals surface area contributed by atoms with Gasteiger partial charge in [-0.05, 0) is 48.5 Å². The molecule has 2 amide bonds. The van der Waals surface area contributed by atoms with Crippen molar-refractivity contribution in [2.75, 3.05) is 30.6 Å². The second kappa shape index (κ2) is 12.3. The van der Waals surface area contributed by atoms with Crippen LogP contribution in [0.4, 0.5) is 10.8 Å². The van der Waals surface area contributed by atoms with Gasteiger partial charge in [0.15, 0.2) is 16.6 Å². The highest BCUT2D eigenvalue weighted by Gasteiger charge is 2.13. The third kappa shape index (κ3) is 6.95. The summed E-state index contributed by atoms with van der Waals surface area (Å²) in [5.74, 6) is 0.699. The van der Waals surface area contributed by atoms with Crippen LogP contribution in [0.15, 0.2) is 70.9 Å². The molecule has 4 rings (SSSR count). The normalized spacial score (nSPS) is 10.6. The summed E-state index contributed by atoms with van der Waals surface area (Å²) in [6.45, 7) is 0. The smallest absolute Gasteiger partial charge is 0.255 e. The van der Waals surface area contributed by atoms with E-state index in [-0.39, 0.29) is 17.6 Å². The number of hydrogen-bond acceptors (Lipinski definition) is 7. The molecule has 0 fully saturated rings. The Bertz CT molecular complexity index is 1450. The molecular formula is C26H21Cl2N3O4S2. The number of amides is 2. The summed E-state index contributed by atoms with van der Waals surface area (Å²) in [7, 11) is 3.05. The van der Waals surface area contributed by atoms with Crippen molar-refractivity contribution in [1.29, 1.82) is 0 Å². The van der Waals surface area contributed by atoms with Crippen LogP contribution in [0.5, 0.6) is 11.5 Å². The van der Waals surface area contributed by atoms with Gasteiger partial charge in [0.2, 0.25) is 5.91 Å². The maximum Gasteiger partial charge on any atom is 0.255 e. The van der Waals surface area contributed by atoms with Crippen molar-refractivity contribution in [3.05, 3.63) is 81.7 Å². The van der Waals surface area contributed by atoms with E-state index in [0.717, 1.165) is 10.5 Å². The highest BCUT2D eigenvalue weighted by Crippen LogP contribution is 2.31. The van der Waals surface area contributed by atoms with Crippen LogP contribution in [-0.4, -0.2) is 36.8 Å². The lowest BCUT2D eigenvalue weighted by molar-refractivity contribution is -0.113. The number of halogens is 2. The number of benzene rings is 3. The van der Waals surface area contributed by atoms with Crippen molar-refractivity contribution in [2.45, 2.75) is 4.90 Å². The van der Waals surface area contributed by atoms with Gasteiger partial charge in [0, 0.05) is 27.1 Å². The Morgan fingerprint density at radius 2 is 1.76 bits per heavy atom. The van der Waals surface area contributed by atoms with Crippen LogP contribution < -0.4 is 20.1 Å². The molecule has 37 heavy (non-hydrogen) atoms. The Labute approximate surface area is 232 Å². The van der Waals surface area contributed by atoms with E-state index in [0.29, 0.717) is 43.6 Å². The molecule has 7 nitrogen and oxygen atoms in total. The van der Waals surface area contributed by atoms with Crippen LogP contribution in [-0.2, 0) is 4.79 Å². The Kier molecular flexibility index (Phi) is 8.94. The molecule has 0 saturated heterocycles. The van der Waals surface area contributed by atoms with Gasteiger partial charge in [-0.2, -0.15) is 0 Å². The predicted molar refractivity (Wildman–Crippen MR) is 151 cm³/mol. The summed E-state index contributed by atoms with van der Waals surface area (Å²) < 4.78 is 10.5. The fourth-order valence-electron chi connectivity index (χ4n) is 3.27. The molecule has 0 atom stereocenters. The van der Waals surface area contributed by atoms with Gasteiger partial charge in [-0.3, -0.25) is 9.59 Å². The third-order valence-corrected chi connectivity index (χ3v) is 7.56. The molecule has 0 unspecified atom stereocenters. The molecule has 0 spiro atoms. The number of nitrogens with zero attached hydrogens (tertiary/aromatic N) is 1. The summed E-state index contributed by atoms with van der Waals surface area (Å²) in [5.41, 5.74) is 2.55. The number of ether oxygens (including phenoxy) is 2. The predicted octanol–water partition coefficient (Wildman–Crippen LogP) is 7.12. The van der Waals surface area contributed by atoms with Gasteiger partial charge >= 0.3 is 0 Å². The molecular weight excluding hydrogens is 553 g/mol. The van der Waals surface area contributed by atoms with Crippen molar-refractivity contribution in [3.63, 3.8) is 0 Å². The van der Waals surface area contributed by atoms with Gasteiger partial charge in [-0.25, -0.2) is 4.98 Å². The molecule has 0 radical (unpaired) electrons. The maximum absolute atomic E-state index is 12.7. The lowest BCUT2D eigenvalue weighted by atomic mass is 10.2. The van der Waals surface area contributed by atoms with E-state index < -0.39 is 0 Å². The largest absolute Gasteiger partial charge is 0.493 e. The first-order valence-electron chi connectivity index (χ1n) is 10.8. The minimum Gasteiger partial charge on any atom is -0.493 e. The molecule has 1 heterocycles. The molecule has 0 bridgehead atoms. The molecule has 1 aromatic heterocycles. The van der Waals surface area contributed by atoms with Crippen molar-refractivity contribution in [2.24, 2.45) is 0 Å². The fourth-order valence-corrected chi connectivity index (χ4v) is 5.06. The third-order valence-electron chi connectivity index (χ3n) is 5.07. The molecule has 190 valence electrons. The average molecular weight is 575 g/mol. The van der Waals surface area contributed by atoms with Gasteiger partial charge in [-0.1, -0.05) is 35.3 Å². The lowest BCUT2D eigenvalue weighted by Gasteiger charge is -2.10. The first kappa shape index (κ1) is 26.8. The second-order valence-corrected chi connectivity index (χ2v) is 10.3. The molecule has 2 N–H and O–H groups in total. The van der Waals surface area contributed by atoms with Crippen LogP contribution in [0.2, 0.25) is 10.0 Å². The first-order chi connectivity index (χ1) is 17.9. The van der Waals surface area contributed by atoms with E-state index in [1.807, 2.05) is 29.6 Å². The molecule has 3 aromatic carbocycles. The molecule has 11 heteroatoms. The van der Waals surface area contributed by atoms with Crippen LogP contribution in [0.3, 0.4) is 0 Å². The standard InChI is InChI=1S/C26H21Cl2N3O4S2/c1-34-22-9-7-16(11-23(22)35-2)25(33)29-17-4-3-5-18(12-17)36-14-24(32)31-26-30-21(13-37-26)15-6-8-19(27)20(28)10-15/h3-13H,14H2,1-2H3,(H,29,33)(H,30,31,32). The number of hydrogen-bond donors (Lipinski definition) is 2. The van der Waals surface area contributed by atoms with Gasteiger partial charge in [0.05, 0.1) is 35.7 Å². The highest BCUT2D eigenvalue weighted by molar-refractivity contribution is 8.00. The first-order valence-corrected chi connectivity index (χ1v) is 13.5. The zero-order valence-electron chi connectivity index (χ0n) is 19.7. The van der Waals surface area contributed by atoms with Gasteiger partial charge < -0.3 is 20.1 Å². The van der Waals surface area contributed by atoms with Crippen LogP contribution >= 0.6 is 46.3 Å². The topological polar surface area (TPSA) is 89.5 Å². The summed E-state index contributed by atoms with van der Waals surface area (Å²) in [4.78, 5) is 30.5. The van der Waals surface area contributed by atoms with Gasteiger partial charge in [0.25, 0.3) is 5.91 Å². The van der Waals surface area contributed by atoms with Crippen molar-refractivity contribution in [3.8, 4) is 22.8 Å². The van der Waals surface area contributed by atoms with E-state index in [9.17, 15) is 9.59 Å². The molecule has 4 aromatic rings. The molecule has 0 aliphatic heterocycles. The zero-order chi connectivity index (χ0) is 26.4. The number of carbonyl (C=O) groups excluding carboxylic acids is 2. The average Bonchev–Trinajstić information content (AvgIpc) is 3.37. The van der Waals surface area contributed by atoms with Gasteiger partial charge in [0.1, 0.15) is 0 Å². The number of thiazole rings is 1. The number of thioether (sulfide) groups is 1. The monoisotopic (exact) mass is 573 g/mol. The Balaban J connectivity index is 1.33. The molecule has 0 saturated carbocycles. The second-order valence-electron chi connectivity index (χ2n) is 7.56. The fraction of sp³-hybridized carbons (Fsp3) is 0.115. The van der Waals surface area contributed by atoms with E-state index in [1.54, 1.807) is 36.4 Å². The Morgan fingerprint density at radius 3 is 2.51 bits per heavy atom. The van der Waals surface area contributed by atoms with Crippen molar-refractivity contribution < 1.29 is 19.1 Å². The van der Waals surface area contributed by atoms with Crippen LogP contribution in [0.1, 0.15) is 10.4 Å².